The standard InChI is InChI=1S/C13H18IN5O/c1-7(2)5-9(20)16-11-10-12(18-13(14)17-11)19(6-15-10)8(3)4/h6-8H,5H2,1-4H3,(H,16,17,18,20). The first-order valence-electron chi connectivity index (χ1n) is 6.58. The molecule has 7 heteroatoms. The maximum Gasteiger partial charge on any atom is 0.225 e. The lowest BCUT2D eigenvalue weighted by atomic mass is 10.1. The Morgan fingerprint density at radius 2 is 2.05 bits per heavy atom. The summed E-state index contributed by atoms with van der Waals surface area (Å²) in [6, 6.07) is 0.255. The van der Waals surface area contributed by atoms with E-state index in [4.69, 9.17) is 0 Å². The summed E-state index contributed by atoms with van der Waals surface area (Å²) in [5, 5.41) is 2.84. The van der Waals surface area contributed by atoms with Gasteiger partial charge in [0.05, 0.1) is 6.33 Å². The predicted octanol–water partition coefficient (Wildman–Crippen LogP) is 3.00. The highest BCUT2D eigenvalue weighted by Crippen LogP contribution is 2.22. The molecule has 0 bridgehead atoms. The molecule has 0 saturated carbocycles. The van der Waals surface area contributed by atoms with E-state index in [-0.39, 0.29) is 11.9 Å². The fourth-order valence-corrected chi connectivity index (χ4v) is 2.38. The summed E-state index contributed by atoms with van der Waals surface area (Å²) in [5.41, 5.74) is 1.38. The van der Waals surface area contributed by atoms with Crippen molar-refractivity contribution in [3.8, 4) is 0 Å². The smallest absolute Gasteiger partial charge is 0.225 e. The third-order valence-corrected chi connectivity index (χ3v) is 3.28. The molecular weight excluding hydrogens is 369 g/mol. The highest BCUT2D eigenvalue weighted by Gasteiger charge is 2.16. The summed E-state index contributed by atoms with van der Waals surface area (Å²) in [4.78, 5) is 24.9. The van der Waals surface area contributed by atoms with Crippen LogP contribution in [-0.4, -0.2) is 25.4 Å². The van der Waals surface area contributed by atoms with Crippen molar-refractivity contribution in [2.24, 2.45) is 5.92 Å². The predicted molar refractivity (Wildman–Crippen MR) is 86.5 cm³/mol. The van der Waals surface area contributed by atoms with Crippen LogP contribution in [0.15, 0.2) is 6.33 Å². The minimum absolute atomic E-state index is 0.0464. The maximum atomic E-state index is 11.9. The highest BCUT2D eigenvalue weighted by molar-refractivity contribution is 14.1. The van der Waals surface area contributed by atoms with Gasteiger partial charge in [0.1, 0.15) is 0 Å². The number of hydrogen-bond acceptors (Lipinski definition) is 4. The van der Waals surface area contributed by atoms with Crippen LogP contribution in [0.2, 0.25) is 0 Å². The average molecular weight is 387 g/mol. The van der Waals surface area contributed by atoms with Crippen LogP contribution in [0.1, 0.15) is 40.2 Å². The molecule has 0 aliphatic heterocycles. The summed E-state index contributed by atoms with van der Waals surface area (Å²) in [5.74, 6) is 0.749. The molecule has 6 nitrogen and oxygen atoms in total. The Labute approximate surface area is 131 Å². The van der Waals surface area contributed by atoms with Crippen LogP contribution >= 0.6 is 22.6 Å². The molecular formula is C13H18IN5O. The van der Waals surface area contributed by atoms with Crippen molar-refractivity contribution >= 4 is 45.5 Å². The SMILES string of the molecule is CC(C)CC(=O)Nc1nc(I)nc2c1ncn2C(C)C. The van der Waals surface area contributed by atoms with Gasteiger partial charge < -0.3 is 9.88 Å². The van der Waals surface area contributed by atoms with Crippen LogP contribution in [0.25, 0.3) is 11.2 Å². The van der Waals surface area contributed by atoms with Gasteiger partial charge in [-0.2, -0.15) is 0 Å². The molecule has 2 rings (SSSR count). The molecule has 0 spiro atoms. The first kappa shape index (κ1) is 15.1. The van der Waals surface area contributed by atoms with Crippen LogP contribution in [0, 0.1) is 9.75 Å². The van der Waals surface area contributed by atoms with Crippen molar-refractivity contribution in [2.75, 3.05) is 5.32 Å². The van der Waals surface area contributed by atoms with Crippen LogP contribution < -0.4 is 5.32 Å². The number of amides is 1. The summed E-state index contributed by atoms with van der Waals surface area (Å²) in [6.45, 7) is 8.14. The number of aromatic nitrogens is 4. The van der Waals surface area contributed by atoms with Gasteiger partial charge in [0.15, 0.2) is 20.8 Å². The zero-order chi connectivity index (χ0) is 14.9. The van der Waals surface area contributed by atoms with Crippen molar-refractivity contribution in [3.05, 3.63) is 10.2 Å². The van der Waals surface area contributed by atoms with E-state index in [1.165, 1.54) is 0 Å². The molecule has 0 radical (unpaired) electrons. The van der Waals surface area contributed by atoms with Gasteiger partial charge in [0, 0.05) is 35.1 Å². The number of imidazole rings is 1. The number of nitrogens with one attached hydrogen (secondary N) is 1. The third kappa shape index (κ3) is 3.25. The second-order valence-corrected chi connectivity index (χ2v) is 6.37. The van der Waals surface area contributed by atoms with E-state index in [2.05, 4.69) is 34.1 Å². The van der Waals surface area contributed by atoms with Gasteiger partial charge in [0.25, 0.3) is 0 Å². The lowest BCUT2D eigenvalue weighted by Gasteiger charge is -2.09. The van der Waals surface area contributed by atoms with E-state index in [0.29, 0.717) is 27.5 Å². The second-order valence-electron chi connectivity index (χ2n) is 5.41. The maximum absolute atomic E-state index is 11.9. The van der Waals surface area contributed by atoms with Gasteiger partial charge in [-0.3, -0.25) is 4.79 Å². The summed E-state index contributed by atoms with van der Waals surface area (Å²) >= 11 is 2.05. The minimum Gasteiger partial charge on any atom is -0.313 e. The van der Waals surface area contributed by atoms with E-state index in [9.17, 15) is 4.79 Å². The summed E-state index contributed by atoms with van der Waals surface area (Å²) < 4.78 is 2.56. The van der Waals surface area contributed by atoms with Gasteiger partial charge in [0.2, 0.25) is 5.91 Å². The molecule has 2 aromatic heterocycles. The lowest BCUT2D eigenvalue weighted by molar-refractivity contribution is -0.116. The molecule has 0 aliphatic carbocycles. The molecule has 0 atom stereocenters. The zero-order valence-electron chi connectivity index (χ0n) is 12.0. The molecule has 0 aromatic carbocycles. The van der Waals surface area contributed by atoms with E-state index >= 15 is 0 Å². The molecule has 2 heterocycles. The Balaban J connectivity index is 2.41. The molecule has 20 heavy (non-hydrogen) atoms. The van der Waals surface area contributed by atoms with Crippen LogP contribution in [0.3, 0.4) is 0 Å². The molecule has 1 N–H and O–H groups in total. The topological polar surface area (TPSA) is 72.7 Å². The van der Waals surface area contributed by atoms with Gasteiger partial charge in [-0.15, -0.1) is 0 Å². The largest absolute Gasteiger partial charge is 0.313 e. The summed E-state index contributed by atoms with van der Waals surface area (Å²) in [7, 11) is 0. The van der Waals surface area contributed by atoms with Gasteiger partial charge >= 0.3 is 0 Å². The average Bonchev–Trinajstić information content (AvgIpc) is 2.71. The van der Waals surface area contributed by atoms with E-state index in [1.54, 1.807) is 6.33 Å². The quantitative estimate of drug-likeness (QED) is 0.647. The number of halogens is 1. The van der Waals surface area contributed by atoms with Crippen LogP contribution in [0.5, 0.6) is 0 Å². The number of fused-ring (bicyclic) bond motifs is 1. The van der Waals surface area contributed by atoms with Gasteiger partial charge in [-0.1, -0.05) is 13.8 Å². The van der Waals surface area contributed by atoms with Crippen molar-refractivity contribution in [1.82, 2.24) is 19.5 Å². The van der Waals surface area contributed by atoms with Crippen molar-refractivity contribution in [1.29, 1.82) is 0 Å². The Morgan fingerprint density at radius 3 is 2.65 bits per heavy atom. The van der Waals surface area contributed by atoms with E-state index in [1.807, 2.05) is 41.0 Å². The normalized spacial score (nSPS) is 11.6. The molecule has 0 saturated heterocycles. The molecule has 0 unspecified atom stereocenters. The van der Waals surface area contributed by atoms with Crippen molar-refractivity contribution in [2.45, 2.75) is 40.2 Å². The molecule has 0 fully saturated rings. The van der Waals surface area contributed by atoms with Gasteiger partial charge in [-0.25, -0.2) is 15.0 Å². The number of hydrogen-bond donors (Lipinski definition) is 1. The van der Waals surface area contributed by atoms with Gasteiger partial charge in [-0.05, 0) is 19.8 Å². The highest BCUT2D eigenvalue weighted by atomic mass is 127. The molecule has 1 amide bonds. The number of rotatable bonds is 4. The fourth-order valence-electron chi connectivity index (χ4n) is 1.91. The number of carbonyl (C=O) groups excluding carboxylic acids is 1. The number of anilines is 1. The fraction of sp³-hybridized carbons (Fsp3) is 0.538. The molecule has 2 aromatic rings. The number of carbonyl (C=O) groups is 1. The van der Waals surface area contributed by atoms with E-state index < -0.39 is 0 Å². The van der Waals surface area contributed by atoms with Crippen molar-refractivity contribution in [3.63, 3.8) is 0 Å². The first-order chi connectivity index (χ1) is 9.38. The third-order valence-electron chi connectivity index (χ3n) is 2.80. The van der Waals surface area contributed by atoms with Crippen LogP contribution in [0.4, 0.5) is 5.82 Å². The Kier molecular flexibility index (Phi) is 4.56. The molecule has 108 valence electrons. The van der Waals surface area contributed by atoms with E-state index in [0.717, 1.165) is 5.65 Å². The minimum atomic E-state index is -0.0464. The summed E-state index contributed by atoms with van der Waals surface area (Å²) in [6.07, 6.45) is 2.20. The lowest BCUT2D eigenvalue weighted by Crippen LogP contribution is -2.16. The molecule has 0 aliphatic rings. The van der Waals surface area contributed by atoms with Crippen molar-refractivity contribution < 1.29 is 4.79 Å². The zero-order valence-corrected chi connectivity index (χ0v) is 14.2. The number of nitrogens with zero attached hydrogens (tertiary/aromatic N) is 4. The monoisotopic (exact) mass is 387 g/mol. The Hall–Kier alpha value is -1.25. The first-order valence-corrected chi connectivity index (χ1v) is 7.66. The Bertz CT molecular complexity index is 635. The van der Waals surface area contributed by atoms with Crippen LogP contribution in [-0.2, 0) is 4.79 Å². The Morgan fingerprint density at radius 1 is 1.35 bits per heavy atom. The second kappa shape index (κ2) is 6.02.